The highest BCUT2D eigenvalue weighted by Crippen LogP contribution is 2.33. The first-order valence-electron chi connectivity index (χ1n) is 10.1. The van der Waals surface area contributed by atoms with Crippen molar-refractivity contribution < 1.29 is 9.47 Å². The molecule has 1 aromatic rings. The molecule has 2 N–H and O–H groups in total. The Bertz CT molecular complexity index is 625. The summed E-state index contributed by atoms with van der Waals surface area (Å²) in [6.07, 6.45) is 4.38. The third-order valence-electron chi connectivity index (χ3n) is 5.68. The lowest BCUT2D eigenvalue weighted by Gasteiger charge is -2.37. The van der Waals surface area contributed by atoms with Crippen molar-refractivity contribution in [3.8, 4) is 0 Å². The van der Waals surface area contributed by atoms with Crippen molar-refractivity contribution >= 4 is 29.1 Å². The number of rotatable bonds is 7. The van der Waals surface area contributed by atoms with E-state index in [0.717, 1.165) is 71.4 Å². The van der Waals surface area contributed by atoms with E-state index >= 15 is 0 Å². The number of hydrogen-bond donors (Lipinski definition) is 2. The lowest BCUT2D eigenvalue weighted by molar-refractivity contribution is 0.0177. The van der Waals surface area contributed by atoms with Crippen LogP contribution in [0.15, 0.2) is 17.1 Å². The topological polar surface area (TPSA) is 58.1 Å². The van der Waals surface area contributed by atoms with Gasteiger partial charge in [-0.3, -0.25) is 9.89 Å². The maximum atomic E-state index is 5.56. The fraction of sp³-hybridized carbons (Fsp3) is 0.750. The number of nitrogens with zero attached hydrogens (tertiary/aromatic N) is 2. The van der Waals surface area contributed by atoms with Crippen molar-refractivity contribution in [2.75, 3.05) is 65.9 Å². The fourth-order valence-corrected chi connectivity index (χ4v) is 5.59. The van der Waals surface area contributed by atoms with Crippen molar-refractivity contribution in [2.24, 2.45) is 4.99 Å². The van der Waals surface area contributed by atoms with Crippen LogP contribution in [0.25, 0.3) is 0 Å². The number of aryl methyl sites for hydroxylation is 1. The average molecular weight is 427 g/mol. The number of morpholine rings is 1. The molecule has 1 atom stereocenters. The van der Waals surface area contributed by atoms with E-state index in [4.69, 9.17) is 9.47 Å². The molecule has 2 aliphatic rings. The van der Waals surface area contributed by atoms with Gasteiger partial charge in [-0.05, 0) is 38.2 Å². The van der Waals surface area contributed by atoms with E-state index in [1.807, 2.05) is 30.1 Å². The fourth-order valence-electron chi connectivity index (χ4n) is 3.79. The molecule has 0 aliphatic carbocycles. The van der Waals surface area contributed by atoms with Gasteiger partial charge in [0.25, 0.3) is 0 Å². The van der Waals surface area contributed by atoms with Crippen LogP contribution in [-0.4, -0.2) is 81.5 Å². The first-order chi connectivity index (χ1) is 13.7. The molecule has 3 rings (SSSR count). The van der Waals surface area contributed by atoms with Crippen molar-refractivity contribution in [3.05, 3.63) is 21.9 Å². The highest BCUT2D eigenvalue weighted by molar-refractivity contribution is 8.00. The second kappa shape index (κ2) is 10.8. The Balaban J connectivity index is 1.59. The Kier molecular flexibility index (Phi) is 8.47. The van der Waals surface area contributed by atoms with Crippen LogP contribution in [0, 0.1) is 6.92 Å². The van der Waals surface area contributed by atoms with Gasteiger partial charge in [0.2, 0.25) is 0 Å². The molecule has 3 heterocycles. The second-order valence-corrected chi connectivity index (χ2v) is 10.0. The van der Waals surface area contributed by atoms with E-state index in [1.54, 1.807) is 0 Å². The molecular formula is C20H34N4O2S2. The molecule has 2 saturated heterocycles. The number of nitrogens with one attached hydrogen (secondary N) is 2. The Hall–Kier alpha value is -0.800. The second-order valence-electron chi connectivity index (χ2n) is 7.42. The van der Waals surface area contributed by atoms with Crippen LogP contribution in [0.1, 0.15) is 28.6 Å². The zero-order chi connectivity index (χ0) is 19.8. The third kappa shape index (κ3) is 5.86. The van der Waals surface area contributed by atoms with Crippen LogP contribution in [0.3, 0.4) is 0 Å². The SMILES string of the molecule is CN=C(NCC(c1ccc(C)s1)N1CCOCC1)NCC1(SC)CCOCC1. The van der Waals surface area contributed by atoms with Crippen molar-refractivity contribution in [3.63, 3.8) is 0 Å². The first-order valence-corrected chi connectivity index (χ1v) is 12.2. The third-order valence-corrected chi connectivity index (χ3v) is 8.20. The van der Waals surface area contributed by atoms with Gasteiger partial charge < -0.3 is 20.1 Å². The number of thioether (sulfide) groups is 1. The standard InChI is InChI=1S/C20H34N4O2S2/c1-16-4-5-18(28-16)17(24-8-12-26-13-9-24)14-22-19(21-2)23-15-20(27-3)6-10-25-11-7-20/h4-5,17H,6-15H2,1-3H3,(H2,21,22,23). The summed E-state index contributed by atoms with van der Waals surface area (Å²) in [5, 5.41) is 7.15. The number of thiophene rings is 1. The van der Waals surface area contributed by atoms with Crippen LogP contribution in [0.4, 0.5) is 0 Å². The molecule has 8 heteroatoms. The molecule has 2 aliphatic heterocycles. The van der Waals surface area contributed by atoms with Crippen molar-refractivity contribution in [1.82, 2.24) is 15.5 Å². The van der Waals surface area contributed by atoms with Crippen LogP contribution < -0.4 is 10.6 Å². The Labute approximate surface area is 177 Å². The first kappa shape index (κ1) is 21.9. The van der Waals surface area contributed by atoms with Gasteiger partial charge >= 0.3 is 0 Å². The lowest BCUT2D eigenvalue weighted by Crippen LogP contribution is -2.50. The van der Waals surface area contributed by atoms with E-state index in [9.17, 15) is 0 Å². The summed E-state index contributed by atoms with van der Waals surface area (Å²) in [5.74, 6) is 0.881. The van der Waals surface area contributed by atoms with Crippen LogP contribution in [-0.2, 0) is 9.47 Å². The molecule has 0 bridgehead atoms. The van der Waals surface area contributed by atoms with Gasteiger partial charge in [-0.1, -0.05) is 0 Å². The van der Waals surface area contributed by atoms with Crippen molar-refractivity contribution in [2.45, 2.75) is 30.6 Å². The smallest absolute Gasteiger partial charge is 0.191 e. The molecule has 28 heavy (non-hydrogen) atoms. The van der Waals surface area contributed by atoms with Gasteiger partial charge in [0.15, 0.2) is 5.96 Å². The van der Waals surface area contributed by atoms with E-state index in [-0.39, 0.29) is 4.75 Å². The molecule has 0 spiro atoms. The minimum absolute atomic E-state index is 0.240. The highest BCUT2D eigenvalue weighted by atomic mass is 32.2. The summed E-state index contributed by atoms with van der Waals surface area (Å²) in [7, 11) is 1.85. The largest absolute Gasteiger partial charge is 0.381 e. The maximum absolute atomic E-state index is 5.56. The zero-order valence-corrected chi connectivity index (χ0v) is 19.0. The highest BCUT2D eigenvalue weighted by Gasteiger charge is 2.32. The number of guanidine groups is 1. The lowest BCUT2D eigenvalue weighted by atomic mass is 9.99. The van der Waals surface area contributed by atoms with Gasteiger partial charge in [-0.2, -0.15) is 11.8 Å². The minimum atomic E-state index is 0.240. The summed E-state index contributed by atoms with van der Waals surface area (Å²) in [5.41, 5.74) is 0. The summed E-state index contributed by atoms with van der Waals surface area (Å²) < 4.78 is 11.4. The van der Waals surface area contributed by atoms with Gasteiger partial charge in [0.1, 0.15) is 0 Å². The molecule has 0 amide bonds. The Morgan fingerprint density at radius 2 is 1.93 bits per heavy atom. The van der Waals surface area contributed by atoms with Crippen LogP contribution >= 0.6 is 23.1 Å². The molecule has 2 fully saturated rings. The molecule has 0 saturated carbocycles. The van der Waals surface area contributed by atoms with Crippen LogP contribution in [0.2, 0.25) is 0 Å². The van der Waals surface area contributed by atoms with E-state index < -0.39 is 0 Å². The monoisotopic (exact) mass is 426 g/mol. The van der Waals surface area contributed by atoms with Gasteiger partial charge in [0, 0.05) is 60.9 Å². The van der Waals surface area contributed by atoms with Crippen molar-refractivity contribution in [1.29, 1.82) is 0 Å². The molecule has 0 aromatic carbocycles. The van der Waals surface area contributed by atoms with Gasteiger partial charge in [-0.25, -0.2) is 0 Å². The van der Waals surface area contributed by atoms with Gasteiger partial charge in [-0.15, -0.1) is 11.3 Å². The number of ether oxygens (including phenoxy) is 2. The number of aliphatic imine (C=N–C) groups is 1. The molecule has 1 unspecified atom stereocenters. The molecular weight excluding hydrogens is 392 g/mol. The minimum Gasteiger partial charge on any atom is -0.381 e. The number of hydrogen-bond acceptors (Lipinski definition) is 6. The molecule has 0 radical (unpaired) electrons. The molecule has 1 aromatic heterocycles. The predicted molar refractivity (Wildman–Crippen MR) is 120 cm³/mol. The maximum Gasteiger partial charge on any atom is 0.191 e. The molecule has 6 nitrogen and oxygen atoms in total. The van der Waals surface area contributed by atoms with E-state index in [0.29, 0.717) is 6.04 Å². The Morgan fingerprint density at radius 3 is 2.54 bits per heavy atom. The summed E-state index contributed by atoms with van der Waals surface area (Å²) in [4.78, 5) is 9.76. The summed E-state index contributed by atoms with van der Waals surface area (Å²) in [6.45, 7) is 9.21. The zero-order valence-electron chi connectivity index (χ0n) is 17.3. The van der Waals surface area contributed by atoms with E-state index in [1.165, 1.54) is 9.75 Å². The van der Waals surface area contributed by atoms with Crippen LogP contribution in [0.5, 0.6) is 0 Å². The van der Waals surface area contributed by atoms with E-state index in [2.05, 4.69) is 45.8 Å². The Morgan fingerprint density at radius 1 is 1.21 bits per heavy atom. The predicted octanol–water partition coefficient (Wildman–Crippen LogP) is 2.51. The summed E-state index contributed by atoms with van der Waals surface area (Å²) >= 11 is 3.83. The van der Waals surface area contributed by atoms with Gasteiger partial charge in [0.05, 0.1) is 19.3 Å². The quantitative estimate of drug-likeness (QED) is 0.516. The summed E-state index contributed by atoms with van der Waals surface area (Å²) in [6, 6.07) is 4.83. The average Bonchev–Trinajstić information content (AvgIpc) is 3.18. The molecule has 158 valence electrons. The normalized spacial score (nSPS) is 22.0.